The van der Waals surface area contributed by atoms with E-state index in [1.165, 1.54) is 11.3 Å². The molecule has 0 unspecified atom stereocenters. The highest BCUT2D eigenvalue weighted by Crippen LogP contribution is 2.22. The van der Waals surface area contributed by atoms with Gasteiger partial charge in [-0.15, -0.1) is 11.3 Å². The van der Waals surface area contributed by atoms with Gasteiger partial charge < -0.3 is 15.8 Å². The number of nitrogens with two attached hydrogens (primary N) is 1. The molecule has 0 spiro atoms. The summed E-state index contributed by atoms with van der Waals surface area (Å²) in [5.41, 5.74) is 7.99. The Morgan fingerprint density at radius 3 is 2.37 bits per heavy atom. The van der Waals surface area contributed by atoms with Crippen LogP contribution in [-0.2, 0) is 6.61 Å². The van der Waals surface area contributed by atoms with Crippen LogP contribution in [0.15, 0.2) is 48.5 Å². The molecule has 27 heavy (non-hydrogen) atoms. The SMILES string of the molecule is Cc1ccc(OCc2nc(C)c(C(=O)Nc3ccc(C(N)=O)cc3)s2)cc1. The quantitative estimate of drug-likeness (QED) is 0.681. The maximum Gasteiger partial charge on any atom is 0.267 e. The highest BCUT2D eigenvalue weighted by atomic mass is 32.1. The number of anilines is 1. The molecule has 0 saturated heterocycles. The maximum absolute atomic E-state index is 12.5. The van der Waals surface area contributed by atoms with Gasteiger partial charge in [0.15, 0.2) is 0 Å². The minimum atomic E-state index is -0.510. The molecule has 0 aliphatic heterocycles. The van der Waals surface area contributed by atoms with Gasteiger partial charge in [0.1, 0.15) is 22.2 Å². The van der Waals surface area contributed by atoms with E-state index in [9.17, 15) is 9.59 Å². The van der Waals surface area contributed by atoms with Crippen molar-refractivity contribution in [2.45, 2.75) is 20.5 Å². The van der Waals surface area contributed by atoms with E-state index in [0.29, 0.717) is 28.4 Å². The number of benzene rings is 2. The second kappa shape index (κ2) is 8.01. The standard InChI is InChI=1S/C20H19N3O3S/c1-12-3-9-16(10-4-12)26-11-17-22-13(2)18(27-17)20(25)23-15-7-5-14(6-8-15)19(21)24/h3-10H,11H2,1-2H3,(H2,21,24)(H,23,25). The van der Waals surface area contributed by atoms with Gasteiger partial charge in [-0.25, -0.2) is 4.98 Å². The van der Waals surface area contributed by atoms with Crippen molar-refractivity contribution in [3.8, 4) is 5.75 Å². The van der Waals surface area contributed by atoms with Gasteiger partial charge in [0.25, 0.3) is 5.91 Å². The molecular weight excluding hydrogens is 362 g/mol. The summed E-state index contributed by atoms with van der Waals surface area (Å²) < 4.78 is 5.72. The molecule has 0 radical (unpaired) electrons. The van der Waals surface area contributed by atoms with Gasteiger partial charge in [0.2, 0.25) is 5.91 Å². The summed E-state index contributed by atoms with van der Waals surface area (Å²) in [6, 6.07) is 14.2. The molecule has 6 nitrogen and oxygen atoms in total. The summed E-state index contributed by atoms with van der Waals surface area (Å²) >= 11 is 1.30. The Morgan fingerprint density at radius 1 is 1.07 bits per heavy atom. The van der Waals surface area contributed by atoms with E-state index in [4.69, 9.17) is 10.5 Å². The fourth-order valence-electron chi connectivity index (χ4n) is 2.41. The normalized spacial score (nSPS) is 10.4. The molecule has 0 aliphatic rings. The van der Waals surface area contributed by atoms with Crippen molar-refractivity contribution in [2.24, 2.45) is 5.73 Å². The third-order valence-electron chi connectivity index (χ3n) is 3.86. The van der Waals surface area contributed by atoms with E-state index in [1.807, 2.05) is 31.2 Å². The average Bonchev–Trinajstić information content (AvgIpc) is 3.02. The van der Waals surface area contributed by atoms with Crippen molar-refractivity contribution in [1.29, 1.82) is 0 Å². The van der Waals surface area contributed by atoms with Crippen molar-refractivity contribution in [3.05, 3.63) is 75.2 Å². The second-order valence-corrected chi connectivity index (χ2v) is 7.10. The molecule has 2 aromatic carbocycles. The predicted molar refractivity (Wildman–Crippen MR) is 105 cm³/mol. The average molecular weight is 381 g/mol. The summed E-state index contributed by atoms with van der Waals surface area (Å²) in [5, 5.41) is 3.52. The molecule has 0 aliphatic carbocycles. The fourth-order valence-corrected chi connectivity index (χ4v) is 3.28. The molecule has 1 heterocycles. The van der Waals surface area contributed by atoms with Crippen LogP contribution in [0.25, 0.3) is 0 Å². The lowest BCUT2D eigenvalue weighted by Gasteiger charge is -2.05. The first-order valence-corrected chi connectivity index (χ1v) is 9.11. The minimum Gasteiger partial charge on any atom is -0.486 e. The zero-order valence-electron chi connectivity index (χ0n) is 15.0. The van der Waals surface area contributed by atoms with Crippen LogP contribution in [0.1, 0.15) is 36.3 Å². The van der Waals surface area contributed by atoms with Gasteiger partial charge in [-0.3, -0.25) is 9.59 Å². The number of carbonyl (C=O) groups is 2. The molecule has 3 N–H and O–H groups in total. The minimum absolute atomic E-state index is 0.251. The monoisotopic (exact) mass is 381 g/mol. The van der Waals surface area contributed by atoms with E-state index >= 15 is 0 Å². The van der Waals surface area contributed by atoms with Gasteiger partial charge in [0, 0.05) is 11.3 Å². The second-order valence-electron chi connectivity index (χ2n) is 6.02. The number of hydrogen-bond acceptors (Lipinski definition) is 5. The molecular formula is C20H19N3O3S. The number of nitrogens with one attached hydrogen (secondary N) is 1. The zero-order valence-corrected chi connectivity index (χ0v) is 15.8. The van der Waals surface area contributed by atoms with Gasteiger partial charge in [-0.1, -0.05) is 17.7 Å². The fraction of sp³-hybridized carbons (Fsp3) is 0.150. The third kappa shape index (κ3) is 4.71. The van der Waals surface area contributed by atoms with Crippen LogP contribution < -0.4 is 15.8 Å². The molecule has 0 bridgehead atoms. The van der Waals surface area contributed by atoms with Crippen LogP contribution >= 0.6 is 11.3 Å². The van der Waals surface area contributed by atoms with E-state index in [-0.39, 0.29) is 5.91 Å². The number of thiazole rings is 1. The highest BCUT2D eigenvalue weighted by Gasteiger charge is 2.16. The lowest BCUT2D eigenvalue weighted by molar-refractivity contribution is 0.0998. The van der Waals surface area contributed by atoms with E-state index < -0.39 is 5.91 Å². The van der Waals surface area contributed by atoms with Gasteiger partial charge in [-0.05, 0) is 50.2 Å². The Hall–Kier alpha value is -3.19. The Kier molecular flexibility index (Phi) is 5.52. The third-order valence-corrected chi connectivity index (χ3v) is 4.99. The molecule has 2 amide bonds. The highest BCUT2D eigenvalue weighted by molar-refractivity contribution is 7.13. The van der Waals surface area contributed by atoms with Crippen LogP contribution in [0, 0.1) is 13.8 Å². The van der Waals surface area contributed by atoms with Gasteiger partial charge >= 0.3 is 0 Å². The first-order chi connectivity index (χ1) is 12.9. The van der Waals surface area contributed by atoms with Crippen molar-refractivity contribution in [2.75, 3.05) is 5.32 Å². The number of aryl methyl sites for hydroxylation is 2. The number of carbonyl (C=O) groups excluding carboxylic acids is 2. The van der Waals surface area contributed by atoms with E-state index in [2.05, 4.69) is 10.3 Å². The number of amides is 2. The van der Waals surface area contributed by atoms with Crippen LogP contribution in [0.3, 0.4) is 0 Å². The Labute approximate surface area is 161 Å². The number of aromatic nitrogens is 1. The maximum atomic E-state index is 12.5. The lowest BCUT2D eigenvalue weighted by Crippen LogP contribution is -2.13. The molecule has 1 aromatic heterocycles. The van der Waals surface area contributed by atoms with Crippen LogP contribution in [0.5, 0.6) is 5.75 Å². The summed E-state index contributed by atoms with van der Waals surface area (Å²) in [7, 11) is 0. The van der Waals surface area contributed by atoms with Crippen LogP contribution in [-0.4, -0.2) is 16.8 Å². The van der Waals surface area contributed by atoms with Crippen molar-refractivity contribution in [1.82, 2.24) is 4.98 Å². The van der Waals surface area contributed by atoms with Crippen molar-refractivity contribution >= 4 is 28.8 Å². The molecule has 138 valence electrons. The molecule has 0 fully saturated rings. The van der Waals surface area contributed by atoms with Crippen molar-refractivity contribution in [3.63, 3.8) is 0 Å². The first-order valence-electron chi connectivity index (χ1n) is 8.29. The van der Waals surface area contributed by atoms with Crippen molar-refractivity contribution < 1.29 is 14.3 Å². The first kappa shape index (κ1) is 18.6. The number of primary amides is 1. The lowest BCUT2D eigenvalue weighted by atomic mass is 10.2. The zero-order chi connectivity index (χ0) is 19.4. The Balaban J connectivity index is 1.65. The van der Waals surface area contributed by atoms with E-state index in [0.717, 1.165) is 16.3 Å². The summed E-state index contributed by atoms with van der Waals surface area (Å²) in [4.78, 5) is 28.5. The van der Waals surface area contributed by atoms with E-state index in [1.54, 1.807) is 31.2 Å². The van der Waals surface area contributed by atoms with Crippen LogP contribution in [0.2, 0.25) is 0 Å². The topological polar surface area (TPSA) is 94.3 Å². The number of ether oxygens (including phenoxy) is 1. The summed E-state index contributed by atoms with van der Waals surface area (Å²) in [5.74, 6) is -0.00296. The molecule has 3 rings (SSSR count). The van der Waals surface area contributed by atoms with Gasteiger partial charge in [0.05, 0.1) is 5.69 Å². The van der Waals surface area contributed by atoms with Crippen LogP contribution in [0.4, 0.5) is 5.69 Å². The smallest absolute Gasteiger partial charge is 0.267 e. The number of hydrogen-bond donors (Lipinski definition) is 2. The predicted octanol–water partition coefficient (Wildman–Crippen LogP) is 3.69. The summed E-state index contributed by atoms with van der Waals surface area (Å²) in [6.45, 7) is 4.10. The number of nitrogens with zero attached hydrogens (tertiary/aromatic N) is 1. The molecule has 0 atom stereocenters. The summed E-state index contributed by atoms with van der Waals surface area (Å²) in [6.07, 6.45) is 0. The Bertz CT molecular complexity index is 963. The largest absolute Gasteiger partial charge is 0.486 e. The molecule has 0 saturated carbocycles. The van der Waals surface area contributed by atoms with Gasteiger partial charge in [-0.2, -0.15) is 0 Å². The Morgan fingerprint density at radius 2 is 1.74 bits per heavy atom. The molecule has 7 heteroatoms. The number of rotatable bonds is 6. The molecule has 3 aromatic rings.